The summed E-state index contributed by atoms with van der Waals surface area (Å²) in [6.07, 6.45) is 1.02. The van der Waals surface area contributed by atoms with Crippen LogP contribution < -0.4 is 10.1 Å². The third-order valence-corrected chi connectivity index (χ3v) is 3.63. The molecule has 0 saturated heterocycles. The molecule has 106 valence electrons. The van der Waals surface area contributed by atoms with Gasteiger partial charge in [-0.1, -0.05) is 46.6 Å². The molecule has 0 spiro atoms. The molecule has 4 heteroatoms. The van der Waals surface area contributed by atoms with Crippen molar-refractivity contribution in [1.29, 1.82) is 0 Å². The molecule has 0 heterocycles. The van der Waals surface area contributed by atoms with Gasteiger partial charge in [0, 0.05) is 11.0 Å². The van der Waals surface area contributed by atoms with Crippen molar-refractivity contribution in [3.05, 3.63) is 57.5 Å². The van der Waals surface area contributed by atoms with E-state index in [2.05, 4.69) is 40.3 Å². The molecule has 0 atom stereocenters. The Bertz CT molecular complexity index is 557. The van der Waals surface area contributed by atoms with E-state index in [4.69, 9.17) is 16.3 Å². The number of nitrogens with one attached hydrogen (secondary N) is 1. The van der Waals surface area contributed by atoms with Gasteiger partial charge in [0.25, 0.3) is 0 Å². The molecule has 0 unspecified atom stereocenters. The van der Waals surface area contributed by atoms with Gasteiger partial charge in [0.15, 0.2) is 0 Å². The third kappa shape index (κ3) is 4.43. The molecule has 0 aliphatic carbocycles. The number of hydrogen-bond acceptors (Lipinski definition) is 2. The quantitative estimate of drug-likeness (QED) is 0.739. The second-order valence-corrected chi connectivity index (χ2v) is 5.79. The Morgan fingerprint density at radius 3 is 2.60 bits per heavy atom. The van der Waals surface area contributed by atoms with E-state index in [0.717, 1.165) is 40.5 Å². The smallest absolute Gasteiger partial charge is 0.119 e. The van der Waals surface area contributed by atoms with E-state index in [0.29, 0.717) is 0 Å². The lowest BCUT2D eigenvalue weighted by Crippen LogP contribution is -2.00. The average Bonchev–Trinajstić information content (AvgIpc) is 2.47. The first kappa shape index (κ1) is 15.2. The van der Waals surface area contributed by atoms with E-state index in [1.807, 2.05) is 30.3 Å². The minimum absolute atomic E-state index is 0.719. The van der Waals surface area contributed by atoms with Gasteiger partial charge in [0.05, 0.1) is 17.3 Å². The Hall–Kier alpha value is -1.19. The molecule has 2 aromatic rings. The molecule has 2 nitrogen and oxygen atoms in total. The van der Waals surface area contributed by atoms with Gasteiger partial charge in [-0.15, -0.1) is 0 Å². The zero-order chi connectivity index (χ0) is 14.4. The van der Waals surface area contributed by atoms with Crippen LogP contribution in [-0.2, 0) is 6.54 Å². The molecule has 0 amide bonds. The molecule has 0 aromatic heterocycles. The molecule has 2 rings (SSSR count). The van der Waals surface area contributed by atoms with Gasteiger partial charge in [0.1, 0.15) is 5.75 Å². The highest BCUT2D eigenvalue weighted by Crippen LogP contribution is 2.26. The maximum Gasteiger partial charge on any atom is 0.119 e. The van der Waals surface area contributed by atoms with Crippen molar-refractivity contribution in [3.63, 3.8) is 0 Å². The second-order valence-electron chi connectivity index (χ2n) is 4.47. The first-order valence-corrected chi connectivity index (χ1v) is 7.77. The lowest BCUT2D eigenvalue weighted by Gasteiger charge is -2.10. The van der Waals surface area contributed by atoms with E-state index in [-0.39, 0.29) is 0 Å². The van der Waals surface area contributed by atoms with Crippen LogP contribution in [-0.4, -0.2) is 6.61 Å². The number of anilines is 1. The van der Waals surface area contributed by atoms with Crippen LogP contribution in [0.2, 0.25) is 5.02 Å². The van der Waals surface area contributed by atoms with Crippen molar-refractivity contribution >= 4 is 33.2 Å². The Morgan fingerprint density at radius 1 is 1.15 bits per heavy atom. The lowest BCUT2D eigenvalue weighted by molar-refractivity contribution is 0.317. The fourth-order valence-corrected chi connectivity index (χ4v) is 2.30. The fourth-order valence-electron chi connectivity index (χ4n) is 1.75. The maximum atomic E-state index is 6.14. The van der Waals surface area contributed by atoms with Gasteiger partial charge in [-0.3, -0.25) is 0 Å². The summed E-state index contributed by atoms with van der Waals surface area (Å²) in [5, 5.41) is 4.05. The second kappa shape index (κ2) is 7.55. The molecular weight excluding hydrogens is 338 g/mol. The van der Waals surface area contributed by atoms with Gasteiger partial charge in [-0.2, -0.15) is 0 Å². The Balaban J connectivity index is 1.95. The van der Waals surface area contributed by atoms with E-state index < -0.39 is 0 Å². The number of rotatable bonds is 6. The van der Waals surface area contributed by atoms with Gasteiger partial charge < -0.3 is 10.1 Å². The average molecular weight is 355 g/mol. The van der Waals surface area contributed by atoms with E-state index in [1.54, 1.807) is 0 Å². The SMILES string of the molecule is CCCOc1ccc(CNc2cc(Br)ccc2Cl)cc1. The molecule has 0 aliphatic heterocycles. The minimum Gasteiger partial charge on any atom is -0.494 e. The van der Waals surface area contributed by atoms with Crippen LogP contribution in [0.5, 0.6) is 5.75 Å². The first-order chi connectivity index (χ1) is 9.69. The largest absolute Gasteiger partial charge is 0.494 e. The van der Waals surface area contributed by atoms with Gasteiger partial charge >= 0.3 is 0 Å². The lowest BCUT2D eigenvalue weighted by atomic mass is 10.2. The zero-order valence-corrected chi connectivity index (χ0v) is 13.7. The van der Waals surface area contributed by atoms with Crippen LogP contribution in [0, 0.1) is 0 Å². The standard InChI is InChI=1S/C16H17BrClNO/c1-2-9-20-14-6-3-12(4-7-14)11-19-16-10-13(17)5-8-15(16)18/h3-8,10,19H,2,9,11H2,1H3. The van der Waals surface area contributed by atoms with Crippen molar-refractivity contribution < 1.29 is 4.74 Å². The summed E-state index contributed by atoms with van der Waals surface area (Å²) < 4.78 is 6.57. The summed E-state index contributed by atoms with van der Waals surface area (Å²) in [4.78, 5) is 0. The third-order valence-electron chi connectivity index (χ3n) is 2.81. The van der Waals surface area contributed by atoms with Crippen LogP contribution in [0.3, 0.4) is 0 Å². The molecule has 0 bridgehead atoms. The molecule has 0 aliphatic rings. The van der Waals surface area contributed by atoms with Crippen molar-refractivity contribution in [1.82, 2.24) is 0 Å². The van der Waals surface area contributed by atoms with Crippen molar-refractivity contribution in [2.45, 2.75) is 19.9 Å². The highest BCUT2D eigenvalue weighted by Gasteiger charge is 2.01. The van der Waals surface area contributed by atoms with Crippen molar-refractivity contribution in [3.8, 4) is 5.75 Å². The van der Waals surface area contributed by atoms with Gasteiger partial charge in [-0.25, -0.2) is 0 Å². The monoisotopic (exact) mass is 353 g/mol. The van der Waals surface area contributed by atoms with E-state index >= 15 is 0 Å². The van der Waals surface area contributed by atoms with Crippen LogP contribution >= 0.6 is 27.5 Å². The normalized spacial score (nSPS) is 10.3. The zero-order valence-electron chi connectivity index (χ0n) is 11.3. The number of benzene rings is 2. The van der Waals surface area contributed by atoms with E-state index in [1.165, 1.54) is 5.56 Å². The van der Waals surface area contributed by atoms with Crippen LogP contribution in [0.25, 0.3) is 0 Å². The summed E-state index contributed by atoms with van der Waals surface area (Å²) >= 11 is 9.58. The predicted molar refractivity (Wildman–Crippen MR) is 88.7 cm³/mol. The van der Waals surface area contributed by atoms with E-state index in [9.17, 15) is 0 Å². The summed E-state index contributed by atoms with van der Waals surface area (Å²) in [5.74, 6) is 0.913. The predicted octanol–water partition coefficient (Wildman–Crippen LogP) is 5.50. The number of hydrogen-bond donors (Lipinski definition) is 1. The van der Waals surface area contributed by atoms with Crippen molar-refractivity contribution in [2.75, 3.05) is 11.9 Å². The highest BCUT2D eigenvalue weighted by atomic mass is 79.9. The molecule has 2 aromatic carbocycles. The van der Waals surface area contributed by atoms with Crippen LogP contribution in [0.4, 0.5) is 5.69 Å². The molecule has 0 radical (unpaired) electrons. The number of halogens is 2. The topological polar surface area (TPSA) is 21.3 Å². The fraction of sp³-hybridized carbons (Fsp3) is 0.250. The summed E-state index contributed by atoms with van der Waals surface area (Å²) in [7, 11) is 0. The van der Waals surface area contributed by atoms with Crippen LogP contribution in [0.1, 0.15) is 18.9 Å². The molecule has 20 heavy (non-hydrogen) atoms. The minimum atomic E-state index is 0.719. The molecule has 0 fully saturated rings. The Kier molecular flexibility index (Phi) is 5.74. The maximum absolute atomic E-state index is 6.14. The Labute approximate surface area is 133 Å². The van der Waals surface area contributed by atoms with Gasteiger partial charge in [0.2, 0.25) is 0 Å². The summed E-state index contributed by atoms with van der Waals surface area (Å²) in [5.41, 5.74) is 2.11. The summed E-state index contributed by atoms with van der Waals surface area (Å²) in [6.45, 7) is 3.58. The highest BCUT2D eigenvalue weighted by molar-refractivity contribution is 9.10. The van der Waals surface area contributed by atoms with Gasteiger partial charge in [-0.05, 0) is 42.3 Å². The molecule has 0 saturated carbocycles. The van der Waals surface area contributed by atoms with Crippen LogP contribution in [0.15, 0.2) is 46.9 Å². The van der Waals surface area contributed by atoms with Crippen molar-refractivity contribution in [2.24, 2.45) is 0 Å². The molecular formula is C16H17BrClNO. The summed E-state index contributed by atoms with van der Waals surface area (Å²) in [6, 6.07) is 13.9. The first-order valence-electron chi connectivity index (χ1n) is 6.59. The Morgan fingerprint density at radius 2 is 1.90 bits per heavy atom. The molecule has 1 N–H and O–H groups in total. The number of ether oxygens (including phenoxy) is 1.